The third kappa shape index (κ3) is 7.20. The van der Waals surface area contributed by atoms with Gasteiger partial charge in [0.1, 0.15) is 0 Å². The molecule has 2 rings (SSSR count). The van der Waals surface area contributed by atoms with Crippen LogP contribution >= 0.6 is 0 Å². The number of carbonyl (C=O) groups excluding carboxylic acids is 2. The molecule has 0 spiro atoms. The molecule has 2 fully saturated rings. The molecule has 5 nitrogen and oxygen atoms in total. The Morgan fingerprint density at radius 3 is 2.21 bits per heavy atom. The zero-order valence-electron chi connectivity index (χ0n) is 15.2. The smallest absolute Gasteiger partial charge is 0.223 e. The van der Waals surface area contributed by atoms with E-state index in [2.05, 4.69) is 16.0 Å². The van der Waals surface area contributed by atoms with Gasteiger partial charge in [-0.05, 0) is 32.6 Å². The first-order chi connectivity index (χ1) is 11.6. The molecule has 1 unspecified atom stereocenters. The Morgan fingerprint density at radius 1 is 0.917 bits per heavy atom. The second-order valence-corrected chi connectivity index (χ2v) is 7.59. The van der Waals surface area contributed by atoms with E-state index in [1.807, 2.05) is 6.92 Å². The van der Waals surface area contributed by atoms with Crippen molar-refractivity contribution in [2.75, 3.05) is 13.1 Å². The van der Waals surface area contributed by atoms with Crippen LogP contribution < -0.4 is 16.0 Å². The van der Waals surface area contributed by atoms with E-state index in [9.17, 15) is 9.59 Å². The first kappa shape index (κ1) is 19.2. The van der Waals surface area contributed by atoms with Crippen LogP contribution in [0.15, 0.2) is 0 Å². The van der Waals surface area contributed by atoms with Crippen molar-refractivity contribution >= 4 is 11.8 Å². The van der Waals surface area contributed by atoms with Crippen molar-refractivity contribution in [2.45, 2.75) is 89.6 Å². The average Bonchev–Trinajstić information content (AvgIpc) is 2.96. The summed E-state index contributed by atoms with van der Waals surface area (Å²) in [5.74, 6) is 0.319. The van der Waals surface area contributed by atoms with Gasteiger partial charge in [-0.25, -0.2) is 0 Å². The van der Waals surface area contributed by atoms with Crippen LogP contribution in [0.3, 0.4) is 0 Å². The summed E-state index contributed by atoms with van der Waals surface area (Å²) in [4.78, 5) is 24.0. The molecule has 0 aromatic rings. The number of carbonyl (C=O) groups is 2. The SMILES string of the molecule is CC(CC(=O)NCCNC1CCCCCC1)NC(=O)C1CCCC1. The molecule has 2 saturated carbocycles. The number of rotatable bonds is 8. The van der Waals surface area contributed by atoms with Gasteiger partial charge in [-0.2, -0.15) is 0 Å². The highest BCUT2D eigenvalue weighted by Crippen LogP contribution is 2.24. The second-order valence-electron chi connectivity index (χ2n) is 7.59. The maximum atomic E-state index is 12.0. The van der Waals surface area contributed by atoms with Crippen LogP contribution in [0.4, 0.5) is 0 Å². The van der Waals surface area contributed by atoms with Gasteiger partial charge >= 0.3 is 0 Å². The molecule has 2 aliphatic carbocycles. The summed E-state index contributed by atoms with van der Waals surface area (Å²) in [6.45, 7) is 3.41. The molecular weight excluding hydrogens is 302 g/mol. The number of hydrogen-bond acceptors (Lipinski definition) is 3. The third-order valence-electron chi connectivity index (χ3n) is 5.34. The first-order valence-electron chi connectivity index (χ1n) is 9.95. The summed E-state index contributed by atoms with van der Waals surface area (Å²) in [6.07, 6.45) is 12.6. The lowest BCUT2D eigenvalue weighted by Gasteiger charge is -2.18. The van der Waals surface area contributed by atoms with Crippen LogP contribution in [0.5, 0.6) is 0 Å². The van der Waals surface area contributed by atoms with E-state index in [1.165, 1.54) is 38.5 Å². The van der Waals surface area contributed by atoms with Gasteiger partial charge in [0.05, 0.1) is 0 Å². The molecule has 0 aromatic heterocycles. The van der Waals surface area contributed by atoms with Crippen molar-refractivity contribution in [3.05, 3.63) is 0 Å². The molecule has 24 heavy (non-hydrogen) atoms. The lowest BCUT2D eigenvalue weighted by molar-refractivity contribution is -0.126. The van der Waals surface area contributed by atoms with Crippen molar-refractivity contribution < 1.29 is 9.59 Å². The Labute approximate surface area is 146 Å². The van der Waals surface area contributed by atoms with Gasteiger partial charge in [-0.15, -0.1) is 0 Å². The molecule has 0 aromatic carbocycles. The lowest BCUT2D eigenvalue weighted by Crippen LogP contribution is -2.41. The van der Waals surface area contributed by atoms with E-state index in [0.717, 1.165) is 32.2 Å². The molecule has 0 aliphatic heterocycles. The molecule has 1 atom stereocenters. The molecule has 0 radical (unpaired) electrons. The molecule has 3 N–H and O–H groups in total. The Morgan fingerprint density at radius 2 is 1.54 bits per heavy atom. The topological polar surface area (TPSA) is 70.2 Å². The van der Waals surface area contributed by atoms with Crippen LogP contribution in [0.25, 0.3) is 0 Å². The fourth-order valence-electron chi connectivity index (χ4n) is 3.91. The normalized spacial score (nSPS) is 21.2. The van der Waals surface area contributed by atoms with Gasteiger partial charge in [-0.3, -0.25) is 9.59 Å². The Hall–Kier alpha value is -1.10. The second kappa shape index (κ2) is 10.7. The maximum absolute atomic E-state index is 12.0. The van der Waals surface area contributed by atoms with Crippen molar-refractivity contribution in [2.24, 2.45) is 5.92 Å². The predicted molar refractivity (Wildman–Crippen MR) is 96.7 cm³/mol. The van der Waals surface area contributed by atoms with Crippen LogP contribution in [0, 0.1) is 5.92 Å². The Kier molecular flexibility index (Phi) is 8.57. The number of amides is 2. The lowest BCUT2D eigenvalue weighted by atomic mass is 10.1. The predicted octanol–water partition coefficient (Wildman–Crippen LogP) is 2.50. The fraction of sp³-hybridized carbons (Fsp3) is 0.895. The minimum absolute atomic E-state index is 0.0249. The molecule has 0 heterocycles. The molecule has 2 aliphatic rings. The summed E-state index contributed by atoms with van der Waals surface area (Å²) in [6, 6.07) is 0.530. The molecule has 0 bridgehead atoms. The highest BCUT2D eigenvalue weighted by molar-refractivity contribution is 5.81. The number of hydrogen-bond donors (Lipinski definition) is 3. The highest BCUT2D eigenvalue weighted by Gasteiger charge is 2.24. The zero-order chi connectivity index (χ0) is 17.2. The van der Waals surface area contributed by atoms with Crippen molar-refractivity contribution in [1.82, 2.24) is 16.0 Å². The van der Waals surface area contributed by atoms with E-state index in [-0.39, 0.29) is 23.8 Å². The summed E-state index contributed by atoms with van der Waals surface area (Å²) in [5, 5.41) is 9.50. The maximum Gasteiger partial charge on any atom is 0.223 e. The van der Waals surface area contributed by atoms with E-state index in [0.29, 0.717) is 19.0 Å². The minimum atomic E-state index is -0.0899. The van der Waals surface area contributed by atoms with Crippen LogP contribution in [0.2, 0.25) is 0 Å². The number of nitrogens with one attached hydrogen (secondary N) is 3. The summed E-state index contributed by atoms with van der Waals surface area (Å²) < 4.78 is 0. The van der Waals surface area contributed by atoms with Crippen LogP contribution in [0.1, 0.15) is 77.6 Å². The van der Waals surface area contributed by atoms with Gasteiger partial charge in [0, 0.05) is 37.5 Å². The van der Waals surface area contributed by atoms with Gasteiger partial charge < -0.3 is 16.0 Å². The van der Waals surface area contributed by atoms with Crippen molar-refractivity contribution in [3.8, 4) is 0 Å². The van der Waals surface area contributed by atoms with Gasteiger partial charge in [-0.1, -0.05) is 38.5 Å². The minimum Gasteiger partial charge on any atom is -0.355 e. The summed E-state index contributed by atoms with van der Waals surface area (Å²) in [7, 11) is 0. The van der Waals surface area contributed by atoms with Gasteiger partial charge in [0.2, 0.25) is 11.8 Å². The summed E-state index contributed by atoms with van der Waals surface area (Å²) >= 11 is 0. The quantitative estimate of drug-likeness (QED) is 0.471. The zero-order valence-corrected chi connectivity index (χ0v) is 15.2. The monoisotopic (exact) mass is 337 g/mol. The first-order valence-corrected chi connectivity index (χ1v) is 9.95. The fourth-order valence-corrected chi connectivity index (χ4v) is 3.91. The third-order valence-corrected chi connectivity index (χ3v) is 5.34. The van der Waals surface area contributed by atoms with E-state index >= 15 is 0 Å². The van der Waals surface area contributed by atoms with Crippen LogP contribution in [-0.2, 0) is 9.59 Å². The van der Waals surface area contributed by atoms with Crippen molar-refractivity contribution in [1.29, 1.82) is 0 Å². The molecule has 5 heteroatoms. The van der Waals surface area contributed by atoms with E-state index in [4.69, 9.17) is 0 Å². The van der Waals surface area contributed by atoms with Gasteiger partial charge in [0.25, 0.3) is 0 Å². The summed E-state index contributed by atoms with van der Waals surface area (Å²) in [5.41, 5.74) is 0. The average molecular weight is 338 g/mol. The van der Waals surface area contributed by atoms with Gasteiger partial charge in [0.15, 0.2) is 0 Å². The van der Waals surface area contributed by atoms with Crippen LogP contribution in [-0.4, -0.2) is 37.0 Å². The molecular formula is C19H35N3O2. The van der Waals surface area contributed by atoms with E-state index < -0.39 is 0 Å². The Bertz CT molecular complexity index is 386. The largest absolute Gasteiger partial charge is 0.355 e. The standard InChI is InChI=1S/C19H35N3O2/c1-15(22-19(24)16-8-6-7-9-16)14-18(23)21-13-12-20-17-10-4-2-3-5-11-17/h15-17,20H,2-14H2,1H3,(H,21,23)(H,22,24). The Balaban J connectivity index is 1.52. The molecule has 0 saturated heterocycles. The van der Waals surface area contributed by atoms with E-state index in [1.54, 1.807) is 0 Å². The molecule has 2 amide bonds. The highest BCUT2D eigenvalue weighted by atomic mass is 16.2. The molecule has 138 valence electrons. The van der Waals surface area contributed by atoms with Crippen molar-refractivity contribution in [3.63, 3.8) is 0 Å².